The van der Waals surface area contributed by atoms with E-state index >= 15 is 0 Å². The maximum Gasteiger partial charge on any atom is 0.271 e. The first-order valence-electron chi connectivity index (χ1n) is 11.1. The van der Waals surface area contributed by atoms with E-state index in [0.29, 0.717) is 24.2 Å². The van der Waals surface area contributed by atoms with Crippen molar-refractivity contribution in [1.29, 1.82) is 0 Å². The Balaban J connectivity index is 1.10. The van der Waals surface area contributed by atoms with Gasteiger partial charge >= 0.3 is 0 Å². The fraction of sp³-hybridized carbons (Fsp3) is 0.522. The fourth-order valence-electron chi connectivity index (χ4n) is 5.09. The number of nitrogens with zero attached hydrogens (tertiary/aromatic N) is 6. The number of aliphatic imine (C=N–C) groups is 1. The summed E-state index contributed by atoms with van der Waals surface area (Å²) in [5, 5.41) is 3.14. The third kappa shape index (κ3) is 3.25. The molecule has 6 rings (SSSR count). The zero-order valence-corrected chi connectivity index (χ0v) is 18.1. The van der Waals surface area contributed by atoms with Gasteiger partial charge < -0.3 is 14.8 Å². The van der Waals surface area contributed by atoms with Crippen LogP contribution in [0.3, 0.4) is 0 Å². The summed E-state index contributed by atoms with van der Waals surface area (Å²) < 4.78 is 1.92. The molecule has 4 aliphatic rings. The van der Waals surface area contributed by atoms with Gasteiger partial charge in [0.25, 0.3) is 5.91 Å². The second kappa shape index (κ2) is 6.73. The number of imidazole rings is 1. The van der Waals surface area contributed by atoms with Crippen LogP contribution >= 0.6 is 0 Å². The Hall–Kier alpha value is -3.03. The van der Waals surface area contributed by atoms with Gasteiger partial charge in [0.1, 0.15) is 5.69 Å². The quantitative estimate of drug-likeness (QED) is 0.806. The molecule has 4 heterocycles. The molecule has 0 unspecified atom stereocenters. The highest BCUT2D eigenvalue weighted by atomic mass is 16.2. The molecular weight excluding hydrogens is 390 g/mol. The van der Waals surface area contributed by atoms with Crippen LogP contribution in [0.25, 0.3) is 0 Å². The number of allylic oxidation sites excluding steroid dienone is 1. The van der Waals surface area contributed by atoms with Crippen molar-refractivity contribution in [1.82, 2.24) is 24.8 Å². The largest absolute Gasteiger partial charge is 0.344 e. The highest BCUT2D eigenvalue weighted by Crippen LogP contribution is 2.53. The third-order valence-electron chi connectivity index (χ3n) is 7.30. The lowest BCUT2D eigenvalue weighted by atomic mass is 9.98. The molecule has 1 atom stereocenters. The Bertz CT molecular complexity index is 1130. The van der Waals surface area contributed by atoms with Crippen molar-refractivity contribution >= 4 is 17.6 Å². The number of amides is 1. The van der Waals surface area contributed by atoms with E-state index in [0.717, 1.165) is 48.8 Å². The van der Waals surface area contributed by atoms with Crippen molar-refractivity contribution in [3.63, 3.8) is 0 Å². The molecule has 1 saturated heterocycles. The highest BCUT2D eigenvalue weighted by molar-refractivity contribution is 6.02. The van der Waals surface area contributed by atoms with Gasteiger partial charge in [-0.05, 0) is 50.7 Å². The van der Waals surface area contributed by atoms with Crippen molar-refractivity contribution in [2.45, 2.75) is 52.1 Å². The van der Waals surface area contributed by atoms with Gasteiger partial charge in [-0.2, -0.15) is 0 Å². The van der Waals surface area contributed by atoms with E-state index in [1.165, 1.54) is 24.0 Å². The fourth-order valence-corrected chi connectivity index (χ4v) is 5.09. The van der Waals surface area contributed by atoms with Crippen molar-refractivity contribution in [3.05, 3.63) is 46.8 Å². The number of nitrogens with one attached hydrogen (secondary N) is 1. The normalized spacial score (nSPS) is 23.1. The van der Waals surface area contributed by atoms with Crippen LogP contribution in [0.5, 0.6) is 0 Å². The summed E-state index contributed by atoms with van der Waals surface area (Å²) in [6, 6.07) is 0.0771. The van der Waals surface area contributed by atoms with Gasteiger partial charge in [0.15, 0.2) is 0 Å². The maximum absolute atomic E-state index is 12.7. The first-order chi connectivity index (χ1) is 15.0. The molecule has 1 spiro atoms. The van der Waals surface area contributed by atoms with Crippen molar-refractivity contribution in [2.75, 3.05) is 24.5 Å². The number of carbonyl (C=O) groups excluding carboxylic acids is 1. The zero-order valence-electron chi connectivity index (χ0n) is 18.1. The molecule has 2 aromatic heterocycles. The van der Waals surface area contributed by atoms with Crippen LogP contribution < -0.4 is 10.2 Å². The Morgan fingerprint density at radius 1 is 1.26 bits per heavy atom. The zero-order chi connectivity index (χ0) is 21.2. The van der Waals surface area contributed by atoms with E-state index in [4.69, 9.17) is 4.98 Å². The third-order valence-corrected chi connectivity index (χ3v) is 7.30. The summed E-state index contributed by atoms with van der Waals surface area (Å²) in [6.07, 6.45) is 10.1. The minimum Gasteiger partial charge on any atom is -0.344 e. The number of carbonyl (C=O) groups is 1. The van der Waals surface area contributed by atoms with E-state index in [1.807, 2.05) is 17.7 Å². The summed E-state index contributed by atoms with van der Waals surface area (Å²) in [5.41, 5.74) is 6.77. The van der Waals surface area contributed by atoms with Crippen molar-refractivity contribution in [3.8, 4) is 0 Å². The predicted molar refractivity (Wildman–Crippen MR) is 117 cm³/mol. The molecule has 2 aromatic rings. The minimum atomic E-state index is -0.128. The Morgan fingerprint density at radius 2 is 2.10 bits per heavy atom. The van der Waals surface area contributed by atoms with Gasteiger partial charge in [-0.1, -0.05) is 0 Å². The number of anilines is 1. The number of hydrogen-bond donors (Lipinski definition) is 1. The van der Waals surface area contributed by atoms with Gasteiger partial charge in [-0.15, -0.1) is 0 Å². The molecule has 0 radical (unpaired) electrons. The Kier molecular flexibility index (Phi) is 4.07. The van der Waals surface area contributed by atoms with E-state index in [-0.39, 0.29) is 11.9 Å². The van der Waals surface area contributed by atoms with Crippen LogP contribution in [0, 0.1) is 12.3 Å². The molecule has 31 heavy (non-hydrogen) atoms. The SMILES string of the molecule is CC1=NCC2=C1CC[C@H]2NC(=O)c1cn(Cc2cnc(N3CC4(CC4)C3)nc2C)cn1. The molecule has 2 aliphatic carbocycles. The summed E-state index contributed by atoms with van der Waals surface area (Å²) in [7, 11) is 0. The Morgan fingerprint density at radius 3 is 2.87 bits per heavy atom. The average Bonchev–Trinajstić information content (AvgIpc) is 3.04. The average molecular weight is 418 g/mol. The number of hydrogen-bond acceptors (Lipinski definition) is 6. The lowest BCUT2D eigenvalue weighted by Crippen LogP contribution is -2.49. The lowest BCUT2D eigenvalue weighted by molar-refractivity contribution is 0.0938. The second-order valence-corrected chi connectivity index (χ2v) is 9.54. The van der Waals surface area contributed by atoms with E-state index in [9.17, 15) is 4.79 Å². The van der Waals surface area contributed by atoms with Gasteiger partial charge in [0.05, 0.1) is 25.5 Å². The number of aryl methyl sites for hydroxylation is 1. The molecule has 160 valence electrons. The molecule has 2 fully saturated rings. The molecule has 0 aromatic carbocycles. The van der Waals surface area contributed by atoms with Crippen molar-refractivity contribution < 1.29 is 4.79 Å². The lowest BCUT2D eigenvalue weighted by Gasteiger charge is -2.40. The first kappa shape index (κ1) is 18.7. The van der Waals surface area contributed by atoms with E-state index in [1.54, 1.807) is 12.5 Å². The van der Waals surface area contributed by atoms with E-state index in [2.05, 4.69) is 32.1 Å². The molecule has 1 amide bonds. The van der Waals surface area contributed by atoms with Gasteiger partial charge in [-0.25, -0.2) is 15.0 Å². The van der Waals surface area contributed by atoms with Crippen LogP contribution in [0.1, 0.15) is 54.4 Å². The second-order valence-electron chi connectivity index (χ2n) is 9.54. The van der Waals surface area contributed by atoms with Gasteiger partial charge in [-0.3, -0.25) is 9.79 Å². The number of rotatable bonds is 5. The minimum absolute atomic E-state index is 0.0771. The topological polar surface area (TPSA) is 88.3 Å². The van der Waals surface area contributed by atoms with Gasteiger partial charge in [0.2, 0.25) is 5.95 Å². The monoisotopic (exact) mass is 417 g/mol. The van der Waals surface area contributed by atoms with Gasteiger partial charge in [0, 0.05) is 47.9 Å². The molecule has 0 bridgehead atoms. The molecule has 8 heteroatoms. The van der Waals surface area contributed by atoms with Crippen LogP contribution in [0.4, 0.5) is 5.95 Å². The van der Waals surface area contributed by atoms with Crippen LogP contribution in [0.2, 0.25) is 0 Å². The molecule has 8 nitrogen and oxygen atoms in total. The Labute approximate surface area is 181 Å². The summed E-state index contributed by atoms with van der Waals surface area (Å²) in [6.45, 7) is 7.58. The van der Waals surface area contributed by atoms with Crippen LogP contribution in [0.15, 0.2) is 34.9 Å². The van der Waals surface area contributed by atoms with E-state index < -0.39 is 0 Å². The predicted octanol–water partition coefficient (Wildman–Crippen LogP) is 2.29. The molecule has 2 aliphatic heterocycles. The van der Waals surface area contributed by atoms with Crippen molar-refractivity contribution in [2.24, 2.45) is 10.4 Å². The summed E-state index contributed by atoms with van der Waals surface area (Å²) in [5.74, 6) is 0.706. The van der Waals surface area contributed by atoms with Crippen LogP contribution in [-0.2, 0) is 6.54 Å². The maximum atomic E-state index is 12.7. The number of aromatic nitrogens is 4. The first-order valence-corrected chi connectivity index (χ1v) is 11.1. The standard InChI is InChI=1S/C23H27N7O/c1-14-16(7-25-22(27-14)30-11-23(12-30)5-6-23)9-29-10-20(26-13-29)21(31)28-19-4-3-17-15(2)24-8-18(17)19/h7,10,13,19H,3-6,8-9,11-12H2,1-2H3,(H,28,31)/t19-/m1/s1. The smallest absolute Gasteiger partial charge is 0.271 e. The summed E-state index contributed by atoms with van der Waals surface area (Å²) >= 11 is 0. The summed E-state index contributed by atoms with van der Waals surface area (Å²) in [4.78, 5) is 33.1. The highest BCUT2D eigenvalue weighted by Gasteiger charge is 2.53. The van der Waals surface area contributed by atoms with Crippen LogP contribution in [-0.4, -0.2) is 56.8 Å². The molecule has 1 saturated carbocycles. The molecular formula is C23H27N7O. The molecule has 1 N–H and O–H groups in total.